The van der Waals surface area contributed by atoms with E-state index in [1.807, 2.05) is 0 Å². The van der Waals surface area contributed by atoms with E-state index in [-0.39, 0.29) is 12.2 Å². The summed E-state index contributed by atoms with van der Waals surface area (Å²) in [5.41, 5.74) is -0.517. The molecule has 0 aliphatic carbocycles. The summed E-state index contributed by atoms with van der Waals surface area (Å²) in [6, 6.07) is 0. The quantitative estimate of drug-likeness (QED) is 0.762. The Morgan fingerprint density at radius 2 is 1.69 bits per heavy atom. The van der Waals surface area contributed by atoms with Crippen LogP contribution in [0.3, 0.4) is 0 Å². The Morgan fingerprint density at radius 3 is 1.92 bits per heavy atom. The minimum atomic E-state index is -1.79. The van der Waals surface area contributed by atoms with Crippen molar-refractivity contribution in [3.8, 4) is 0 Å². The molecule has 1 atom stereocenters. The van der Waals surface area contributed by atoms with E-state index in [1.165, 1.54) is 0 Å². The third kappa shape index (κ3) is 5.06. The van der Waals surface area contributed by atoms with E-state index in [9.17, 15) is 9.90 Å². The van der Waals surface area contributed by atoms with Crippen LogP contribution in [0, 0.1) is 5.41 Å². The first-order valence-corrected chi connectivity index (χ1v) is 4.96. The largest absolute Gasteiger partial charge is 0.388 e. The lowest BCUT2D eigenvalue weighted by Gasteiger charge is -2.22. The van der Waals surface area contributed by atoms with Crippen LogP contribution in [0.25, 0.3) is 0 Å². The van der Waals surface area contributed by atoms with Crippen molar-refractivity contribution in [1.82, 2.24) is 0 Å². The Morgan fingerprint density at radius 1 is 1.31 bits per heavy atom. The molecule has 0 spiro atoms. The normalized spacial score (nSPS) is 15.6. The molecule has 13 heavy (non-hydrogen) atoms. The molecule has 1 unspecified atom stereocenters. The van der Waals surface area contributed by atoms with Crippen molar-refractivity contribution in [2.75, 3.05) is 0 Å². The number of alkyl halides is 3. The first-order valence-electron chi connectivity index (χ1n) is 3.83. The van der Waals surface area contributed by atoms with E-state index in [2.05, 4.69) is 0 Å². The van der Waals surface area contributed by atoms with Crippen molar-refractivity contribution in [2.45, 2.75) is 37.1 Å². The van der Waals surface area contributed by atoms with Crippen LogP contribution in [0.1, 0.15) is 27.2 Å². The highest BCUT2D eigenvalue weighted by atomic mass is 35.6. The van der Waals surface area contributed by atoms with E-state index in [1.54, 1.807) is 20.8 Å². The molecule has 0 saturated carbocycles. The van der Waals surface area contributed by atoms with Crippen LogP contribution in [0.2, 0.25) is 0 Å². The smallest absolute Gasteiger partial charge is 0.216 e. The molecule has 0 aromatic heterocycles. The molecule has 78 valence electrons. The molecule has 2 nitrogen and oxygen atoms in total. The standard InChI is InChI=1S/C8H13Cl3O2/c1-7(2,3)5(12)4-6(13)8(9,10)11/h6,13H,4H2,1-3H3. The van der Waals surface area contributed by atoms with Gasteiger partial charge in [-0.2, -0.15) is 0 Å². The molecule has 5 heteroatoms. The second-order valence-electron chi connectivity index (χ2n) is 3.93. The Labute approximate surface area is 93.2 Å². The lowest BCUT2D eigenvalue weighted by Crippen LogP contribution is -2.32. The Balaban J connectivity index is 4.24. The summed E-state index contributed by atoms with van der Waals surface area (Å²) in [6.45, 7) is 5.25. The fraction of sp³-hybridized carbons (Fsp3) is 0.875. The van der Waals surface area contributed by atoms with Crippen LogP contribution in [0.15, 0.2) is 0 Å². The van der Waals surface area contributed by atoms with E-state index in [0.717, 1.165) is 0 Å². The Hall–Kier alpha value is 0.500. The molecule has 0 heterocycles. The SMILES string of the molecule is CC(C)(C)C(=O)CC(O)C(Cl)(Cl)Cl. The Bertz CT molecular complexity index is 191. The van der Waals surface area contributed by atoms with Crippen LogP contribution in [0.4, 0.5) is 0 Å². The summed E-state index contributed by atoms with van der Waals surface area (Å²) in [5, 5.41) is 9.30. The summed E-state index contributed by atoms with van der Waals surface area (Å²) in [7, 11) is 0. The maximum absolute atomic E-state index is 11.4. The number of ketones is 1. The number of hydrogen-bond acceptors (Lipinski definition) is 2. The maximum atomic E-state index is 11.4. The highest BCUT2D eigenvalue weighted by Crippen LogP contribution is 2.33. The van der Waals surface area contributed by atoms with E-state index >= 15 is 0 Å². The van der Waals surface area contributed by atoms with Crippen molar-refractivity contribution < 1.29 is 9.90 Å². The number of aliphatic hydroxyl groups is 1. The summed E-state index contributed by atoms with van der Waals surface area (Å²) in [4.78, 5) is 11.4. The predicted octanol–water partition coefficient (Wildman–Crippen LogP) is 2.72. The molecular formula is C8H13Cl3O2. The minimum Gasteiger partial charge on any atom is -0.388 e. The van der Waals surface area contributed by atoms with Gasteiger partial charge in [0.1, 0.15) is 11.9 Å². The van der Waals surface area contributed by atoms with Crippen molar-refractivity contribution in [3.05, 3.63) is 0 Å². The van der Waals surface area contributed by atoms with Gasteiger partial charge in [-0.05, 0) is 0 Å². The van der Waals surface area contributed by atoms with Gasteiger partial charge in [-0.15, -0.1) is 0 Å². The number of halogens is 3. The van der Waals surface area contributed by atoms with Crippen molar-refractivity contribution in [2.24, 2.45) is 5.41 Å². The van der Waals surface area contributed by atoms with Crippen molar-refractivity contribution >= 4 is 40.6 Å². The number of carbonyl (C=O) groups is 1. The number of rotatable bonds is 2. The highest BCUT2D eigenvalue weighted by Gasteiger charge is 2.35. The predicted molar refractivity (Wildman–Crippen MR) is 55.4 cm³/mol. The minimum absolute atomic E-state index is 0.133. The highest BCUT2D eigenvalue weighted by molar-refractivity contribution is 6.68. The summed E-state index contributed by atoms with van der Waals surface area (Å²) in [5.74, 6) is -0.133. The van der Waals surface area contributed by atoms with Gasteiger partial charge in [-0.3, -0.25) is 4.79 Å². The molecule has 0 bridgehead atoms. The molecule has 0 aromatic carbocycles. The fourth-order valence-corrected chi connectivity index (χ4v) is 0.829. The van der Waals surface area contributed by atoms with Gasteiger partial charge in [0.2, 0.25) is 3.79 Å². The van der Waals surface area contributed by atoms with Crippen LogP contribution in [0.5, 0.6) is 0 Å². The van der Waals surface area contributed by atoms with Crippen LogP contribution in [-0.4, -0.2) is 20.8 Å². The van der Waals surface area contributed by atoms with Crippen molar-refractivity contribution in [1.29, 1.82) is 0 Å². The average Bonchev–Trinajstić information content (AvgIpc) is 1.82. The van der Waals surface area contributed by atoms with Gasteiger partial charge in [-0.1, -0.05) is 55.6 Å². The molecule has 0 aromatic rings. The molecule has 0 fully saturated rings. The fourth-order valence-electron chi connectivity index (χ4n) is 0.598. The second-order valence-corrected chi connectivity index (χ2v) is 6.30. The molecule has 0 saturated heterocycles. The molecule has 1 N–H and O–H groups in total. The molecular weight excluding hydrogens is 234 g/mol. The molecule has 0 aliphatic heterocycles. The monoisotopic (exact) mass is 246 g/mol. The lowest BCUT2D eigenvalue weighted by molar-refractivity contribution is -0.128. The van der Waals surface area contributed by atoms with Crippen molar-refractivity contribution in [3.63, 3.8) is 0 Å². The van der Waals surface area contributed by atoms with Gasteiger partial charge in [0.25, 0.3) is 0 Å². The van der Waals surface area contributed by atoms with Gasteiger partial charge in [0.05, 0.1) is 0 Å². The topological polar surface area (TPSA) is 37.3 Å². The molecule has 0 rings (SSSR count). The summed E-state index contributed by atoms with van der Waals surface area (Å²) < 4.78 is -1.79. The number of aliphatic hydroxyl groups excluding tert-OH is 1. The average molecular weight is 248 g/mol. The molecule has 0 radical (unpaired) electrons. The first-order chi connectivity index (χ1) is 5.55. The van der Waals surface area contributed by atoms with Gasteiger partial charge in [0.15, 0.2) is 0 Å². The molecule has 0 aliphatic rings. The van der Waals surface area contributed by atoms with E-state index in [0.29, 0.717) is 0 Å². The summed E-state index contributed by atoms with van der Waals surface area (Å²) >= 11 is 16.2. The second kappa shape index (κ2) is 4.35. The zero-order valence-corrected chi connectivity index (χ0v) is 10.0. The molecule has 0 amide bonds. The number of hydrogen-bond donors (Lipinski definition) is 1. The van der Waals surface area contributed by atoms with Crippen LogP contribution >= 0.6 is 34.8 Å². The maximum Gasteiger partial charge on any atom is 0.216 e. The zero-order chi connectivity index (χ0) is 10.9. The van der Waals surface area contributed by atoms with Gasteiger partial charge in [0, 0.05) is 11.8 Å². The summed E-state index contributed by atoms with van der Waals surface area (Å²) in [6.07, 6.45) is -1.38. The van der Waals surface area contributed by atoms with Crippen LogP contribution < -0.4 is 0 Å². The van der Waals surface area contributed by atoms with E-state index in [4.69, 9.17) is 34.8 Å². The number of Topliss-reactive ketones (excluding diaryl/α,β-unsaturated/α-hetero) is 1. The third-order valence-corrected chi connectivity index (χ3v) is 2.35. The van der Waals surface area contributed by atoms with Gasteiger partial charge in [-0.25, -0.2) is 0 Å². The van der Waals surface area contributed by atoms with E-state index < -0.39 is 15.3 Å². The zero-order valence-electron chi connectivity index (χ0n) is 7.77. The van der Waals surface area contributed by atoms with Gasteiger partial charge < -0.3 is 5.11 Å². The van der Waals surface area contributed by atoms with Gasteiger partial charge >= 0.3 is 0 Å². The number of carbonyl (C=O) groups excluding carboxylic acids is 1. The lowest BCUT2D eigenvalue weighted by atomic mass is 9.88. The Kier molecular flexibility index (Phi) is 4.51. The van der Waals surface area contributed by atoms with Crippen LogP contribution in [-0.2, 0) is 4.79 Å². The third-order valence-electron chi connectivity index (χ3n) is 1.59. The first kappa shape index (κ1) is 13.5.